The first-order valence-corrected chi connectivity index (χ1v) is 9.12. The molecular formula is C19H27ClN4O3. The number of benzene rings is 1. The van der Waals surface area contributed by atoms with Gasteiger partial charge >= 0.3 is 0 Å². The maximum Gasteiger partial charge on any atom is 0.226 e. The average molecular weight is 395 g/mol. The van der Waals surface area contributed by atoms with Crippen molar-refractivity contribution in [1.82, 2.24) is 20.4 Å². The van der Waals surface area contributed by atoms with Gasteiger partial charge in [0.15, 0.2) is 0 Å². The van der Waals surface area contributed by atoms with Crippen molar-refractivity contribution in [3.8, 4) is 17.1 Å². The molecule has 0 bridgehead atoms. The van der Waals surface area contributed by atoms with Crippen molar-refractivity contribution in [2.24, 2.45) is 0 Å². The Bertz CT molecular complexity index is 720. The van der Waals surface area contributed by atoms with E-state index in [1.165, 1.54) is 0 Å². The van der Waals surface area contributed by atoms with Gasteiger partial charge in [-0.1, -0.05) is 5.16 Å². The molecule has 1 aliphatic heterocycles. The number of amides is 1. The number of rotatable bonds is 8. The molecule has 1 aliphatic rings. The quantitative estimate of drug-likeness (QED) is 0.741. The Kier molecular flexibility index (Phi) is 8.06. The SMILES string of the molecule is CNCC1CCCN1C(=O)CCCc1nc(-c2ccc(OC)cc2)no1.Cl. The Morgan fingerprint density at radius 3 is 2.85 bits per heavy atom. The molecule has 1 atom stereocenters. The third kappa shape index (κ3) is 5.43. The molecule has 1 amide bonds. The van der Waals surface area contributed by atoms with Crippen molar-refractivity contribution in [2.75, 3.05) is 27.2 Å². The number of aryl methyl sites for hydroxylation is 1. The molecule has 1 aromatic carbocycles. The number of carbonyl (C=O) groups excluding carboxylic acids is 1. The molecule has 1 unspecified atom stereocenters. The van der Waals surface area contributed by atoms with Gasteiger partial charge in [-0.25, -0.2) is 0 Å². The Labute approximate surface area is 165 Å². The van der Waals surface area contributed by atoms with Gasteiger partial charge in [-0.3, -0.25) is 4.79 Å². The molecule has 7 nitrogen and oxygen atoms in total. The van der Waals surface area contributed by atoms with Gasteiger partial charge in [0.2, 0.25) is 17.6 Å². The number of nitrogens with zero attached hydrogens (tertiary/aromatic N) is 3. The van der Waals surface area contributed by atoms with E-state index in [1.54, 1.807) is 7.11 Å². The molecule has 1 fully saturated rings. The number of likely N-dealkylation sites (N-methyl/N-ethyl adjacent to an activating group) is 1. The lowest BCUT2D eigenvalue weighted by atomic mass is 10.2. The van der Waals surface area contributed by atoms with Gasteiger partial charge in [0.05, 0.1) is 7.11 Å². The Balaban J connectivity index is 0.00000261. The minimum atomic E-state index is 0. The van der Waals surface area contributed by atoms with Crippen LogP contribution in [0.5, 0.6) is 5.75 Å². The predicted octanol–water partition coefficient (Wildman–Crippen LogP) is 2.70. The van der Waals surface area contributed by atoms with Crippen LogP contribution in [0, 0.1) is 0 Å². The number of nitrogens with one attached hydrogen (secondary N) is 1. The molecule has 3 rings (SSSR count). The molecule has 27 heavy (non-hydrogen) atoms. The number of methoxy groups -OCH3 is 1. The van der Waals surface area contributed by atoms with Crippen molar-refractivity contribution in [1.29, 1.82) is 0 Å². The molecule has 0 aliphatic carbocycles. The van der Waals surface area contributed by atoms with Crippen LogP contribution in [0.1, 0.15) is 31.6 Å². The van der Waals surface area contributed by atoms with Gasteiger partial charge in [-0.05, 0) is 50.6 Å². The molecule has 1 saturated heterocycles. The van der Waals surface area contributed by atoms with Crippen molar-refractivity contribution in [3.63, 3.8) is 0 Å². The van der Waals surface area contributed by atoms with E-state index in [9.17, 15) is 4.79 Å². The molecule has 148 valence electrons. The second-order valence-corrected chi connectivity index (χ2v) is 6.53. The maximum atomic E-state index is 12.4. The lowest BCUT2D eigenvalue weighted by molar-refractivity contribution is -0.132. The zero-order valence-corrected chi connectivity index (χ0v) is 16.6. The van der Waals surface area contributed by atoms with E-state index in [4.69, 9.17) is 9.26 Å². The summed E-state index contributed by atoms with van der Waals surface area (Å²) >= 11 is 0. The first kappa shape index (κ1) is 21.2. The van der Waals surface area contributed by atoms with Crippen LogP contribution in [-0.4, -0.2) is 54.2 Å². The summed E-state index contributed by atoms with van der Waals surface area (Å²) in [7, 11) is 3.56. The van der Waals surface area contributed by atoms with Gasteiger partial charge in [0, 0.05) is 37.5 Å². The van der Waals surface area contributed by atoms with Crippen molar-refractivity contribution in [2.45, 2.75) is 38.1 Å². The van der Waals surface area contributed by atoms with Crippen LogP contribution >= 0.6 is 12.4 Å². The van der Waals surface area contributed by atoms with Gasteiger partial charge in [-0.2, -0.15) is 4.98 Å². The largest absolute Gasteiger partial charge is 0.497 e. The van der Waals surface area contributed by atoms with Gasteiger partial charge in [0.1, 0.15) is 5.75 Å². The highest BCUT2D eigenvalue weighted by Crippen LogP contribution is 2.21. The molecule has 1 aromatic heterocycles. The van der Waals surface area contributed by atoms with Crippen molar-refractivity contribution >= 4 is 18.3 Å². The van der Waals surface area contributed by atoms with Gasteiger partial charge < -0.3 is 19.5 Å². The zero-order chi connectivity index (χ0) is 18.4. The second-order valence-electron chi connectivity index (χ2n) is 6.53. The van der Waals surface area contributed by atoms with Crippen LogP contribution in [0.3, 0.4) is 0 Å². The van der Waals surface area contributed by atoms with E-state index in [0.29, 0.717) is 37.0 Å². The van der Waals surface area contributed by atoms with E-state index in [-0.39, 0.29) is 18.3 Å². The molecule has 2 heterocycles. The van der Waals surface area contributed by atoms with Crippen LogP contribution in [0.4, 0.5) is 0 Å². The molecule has 1 N–H and O–H groups in total. The number of likely N-dealkylation sites (tertiary alicyclic amines) is 1. The molecular weight excluding hydrogens is 368 g/mol. The van der Waals surface area contributed by atoms with E-state index in [1.807, 2.05) is 36.2 Å². The smallest absolute Gasteiger partial charge is 0.226 e. The average Bonchev–Trinajstić information content (AvgIpc) is 3.32. The van der Waals surface area contributed by atoms with Crippen LogP contribution in [0.15, 0.2) is 28.8 Å². The summed E-state index contributed by atoms with van der Waals surface area (Å²) in [5.41, 5.74) is 0.879. The number of hydrogen-bond acceptors (Lipinski definition) is 6. The second kappa shape index (κ2) is 10.3. The fourth-order valence-corrected chi connectivity index (χ4v) is 3.36. The molecule has 2 aromatic rings. The highest BCUT2D eigenvalue weighted by atomic mass is 35.5. The van der Waals surface area contributed by atoms with E-state index < -0.39 is 0 Å². The predicted molar refractivity (Wildman–Crippen MR) is 105 cm³/mol. The van der Waals surface area contributed by atoms with Crippen molar-refractivity contribution in [3.05, 3.63) is 30.2 Å². The number of aromatic nitrogens is 2. The normalized spacial score (nSPS) is 16.2. The molecule has 0 saturated carbocycles. The first-order chi connectivity index (χ1) is 12.7. The number of carbonyl (C=O) groups is 1. The van der Waals surface area contributed by atoms with Gasteiger partial charge in [0.25, 0.3) is 0 Å². The van der Waals surface area contributed by atoms with E-state index >= 15 is 0 Å². The standard InChI is InChI=1S/C19H26N4O3.ClH/c1-20-13-15-5-4-12-23(15)18(24)7-3-6-17-21-19(22-26-17)14-8-10-16(25-2)11-9-14;/h8-11,15,20H,3-7,12-13H2,1-2H3;1H. The highest BCUT2D eigenvalue weighted by molar-refractivity contribution is 5.85. The van der Waals surface area contributed by atoms with Crippen LogP contribution in [-0.2, 0) is 11.2 Å². The summed E-state index contributed by atoms with van der Waals surface area (Å²) in [6.45, 7) is 1.73. The lowest BCUT2D eigenvalue weighted by Gasteiger charge is -2.24. The minimum Gasteiger partial charge on any atom is -0.497 e. The molecule has 8 heteroatoms. The molecule has 0 radical (unpaired) electrons. The van der Waals surface area contributed by atoms with Crippen molar-refractivity contribution < 1.29 is 14.1 Å². The first-order valence-electron chi connectivity index (χ1n) is 9.12. The summed E-state index contributed by atoms with van der Waals surface area (Å²) in [5.74, 6) is 2.13. The van der Waals surface area contributed by atoms with Crippen LogP contribution in [0.25, 0.3) is 11.4 Å². The monoisotopic (exact) mass is 394 g/mol. The summed E-state index contributed by atoms with van der Waals surface area (Å²) in [6, 6.07) is 7.85. The Morgan fingerprint density at radius 1 is 1.37 bits per heavy atom. The maximum absolute atomic E-state index is 12.4. The summed E-state index contributed by atoms with van der Waals surface area (Å²) < 4.78 is 10.5. The fraction of sp³-hybridized carbons (Fsp3) is 0.526. The van der Waals surface area contributed by atoms with Crippen LogP contribution in [0.2, 0.25) is 0 Å². The van der Waals surface area contributed by atoms with E-state index in [0.717, 1.165) is 37.2 Å². The minimum absolute atomic E-state index is 0. The fourth-order valence-electron chi connectivity index (χ4n) is 3.36. The Hall–Kier alpha value is -2.12. The van der Waals surface area contributed by atoms with Crippen LogP contribution < -0.4 is 10.1 Å². The zero-order valence-electron chi connectivity index (χ0n) is 15.8. The third-order valence-electron chi connectivity index (χ3n) is 4.73. The Morgan fingerprint density at radius 2 is 2.15 bits per heavy atom. The lowest BCUT2D eigenvalue weighted by Crippen LogP contribution is -2.40. The number of hydrogen-bond donors (Lipinski definition) is 1. The topological polar surface area (TPSA) is 80.5 Å². The number of ether oxygens (including phenoxy) is 1. The summed E-state index contributed by atoms with van der Waals surface area (Å²) in [6.07, 6.45) is 4.01. The number of halogens is 1. The third-order valence-corrected chi connectivity index (χ3v) is 4.73. The summed E-state index contributed by atoms with van der Waals surface area (Å²) in [5, 5.41) is 7.19. The van der Waals surface area contributed by atoms with E-state index in [2.05, 4.69) is 15.5 Å². The molecule has 0 spiro atoms. The highest BCUT2D eigenvalue weighted by Gasteiger charge is 2.27. The van der Waals surface area contributed by atoms with Gasteiger partial charge in [-0.15, -0.1) is 12.4 Å². The summed E-state index contributed by atoms with van der Waals surface area (Å²) in [4.78, 5) is 18.9.